The summed E-state index contributed by atoms with van der Waals surface area (Å²) in [5.74, 6) is 0. The topological polar surface area (TPSA) is 26.0 Å². The van der Waals surface area contributed by atoms with Gasteiger partial charge in [-0.05, 0) is 37.8 Å². The van der Waals surface area contributed by atoms with Crippen molar-refractivity contribution in [3.05, 3.63) is 70.5 Å². The number of nitrogens with two attached hydrogens (primary N) is 1. The molecule has 0 fully saturated rings. The molecule has 0 heterocycles. The van der Waals surface area contributed by atoms with E-state index in [0.717, 1.165) is 48.1 Å². The molecule has 0 aromatic rings. The third-order valence-corrected chi connectivity index (χ3v) is 3.30. The molecule has 20 heavy (non-hydrogen) atoms. The van der Waals surface area contributed by atoms with E-state index < -0.39 is 0 Å². The summed E-state index contributed by atoms with van der Waals surface area (Å²) in [7, 11) is 0. The predicted octanol–water partition coefficient (Wildman–Crippen LogP) is 5.53. The van der Waals surface area contributed by atoms with Gasteiger partial charge in [0.15, 0.2) is 0 Å². The zero-order valence-electron chi connectivity index (χ0n) is 12.5. The lowest BCUT2D eigenvalue weighted by molar-refractivity contribution is 0.828. The highest BCUT2D eigenvalue weighted by Crippen LogP contribution is 2.35. The minimum Gasteiger partial charge on any atom is -0.398 e. The second-order valence-electron chi connectivity index (χ2n) is 5.13. The first kappa shape index (κ1) is 16.6. The van der Waals surface area contributed by atoms with E-state index in [1.54, 1.807) is 0 Å². The van der Waals surface area contributed by atoms with Gasteiger partial charge in [0.05, 0.1) is 0 Å². The van der Waals surface area contributed by atoms with Crippen LogP contribution >= 0.6 is 11.6 Å². The molecule has 0 radical (unpaired) electrons. The Balaban J connectivity index is 2.51. The van der Waals surface area contributed by atoms with Gasteiger partial charge in [0.2, 0.25) is 0 Å². The SMILES string of the molecule is C=C(Cl)/C=C(C)\C=C/CC/C(=C/C1=C(N)C1=C)CCC. The van der Waals surface area contributed by atoms with E-state index in [2.05, 4.69) is 38.3 Å². The van der Waals surface area contributed by atoms with Gasteiger partial charge in [-0.1, -0.05) is 61.9 Å². The predicted molar refractivity (Wildman–Crippen MR) is 90.5 cm³/mol. The van der Waals surface area contributed by atoms with Crippen LogP contribution in [0, 0.1) is 0 Å². The summed E-state index contributed by atoms with van der Waals surface area (Å²) in [5.41, 5.74) is 11.4. The first-order chi connectivity index (χ1) is 9.45. The molecular weight excluding hydrogens is 266 g/mol. The maximum absolute atomic E-state index is 5.79. The molecule has 2 N–H and O–H groups in total. The third-order valence-electron chi connectivity index (χ3n) is 3.19. The zero-order valence-corrected chi connectivity index (χ0v) is 13.3. The lowest BCUT2D eigenvalue weighted by Crippen LogP contribution is -1.83. The van der Waals surface area contributed by atoms with Crippen LogP contribution in [0.15, 0.2) is 70.5 Å². The van der Waals surface area contributed by atoms with E-state index in [-0.39, 0.29) is 0 Å². The summed E-state index contributed by atoms with van der Waals surface area (Å²) < 4.78 is 0. The second kappa shape index (κ2) is 7.96. The van der Waals surface area contributed by atoms with Crippen molar-refractivity contribution >= 4 is 11.6 Å². The van der Waals surface area contributed by atoms with Crippen LogP contribution in [-0.4, -0.2) is 0 Å². The molecule has 1 nitrogen and oxygen atoms in total. The van der Waals surface area contributed by atoms with Crippen LogP contribution < -0.4 is 5.73 Å². The van der Waals surface area contributed by atoms with Gasteiger partial charge < -0.3 is 5.73 Å². The highest BCUT2D eigenvalue weighted by Gasteiger charge is 2.21. The number of rotatable bonds is 8. The Labute approximate surface area is 127 Å². The van der Waals surface area contributed by atoms with Crippen LogP contribution in [0.25, 0.3) is 0 Å². The van der Waals surface area contributed by atoms with Gasteiger partial charge in [-0.3, -0.25) is 0 Å². The van der Waals surface area contributed by atoms with Gasteiger partial charge in [0, 0.05) is 21.9 Å². The van der Waals surface area contributed by atoms with Crippen LogP contribution in [0.1, 0.15) is 39.5 Å². The second-order valence-corrected chi connectivity index (χ2v) is 5.62. The monoisotopic (exact) mass is 289 g/mol. The fourth-order valence-electron chi connectivity index (χ4n) is 2.05. The number of hydrogen-bond donors (Lipinski definition) is 1. The van der Waals surface area contributed by atoms with E-state index in [0.29, 0.717) is 5.03 Å². The van der Waals surface area contributed by atoms with Crippen molar-refractivity contribution in [1.82, 2.24) is 0 Å². The summed E-state index contributed by atoms with van der Waals surface area (Å²) in [4.78, 5) is 0. The smallest absolute Gasteiger partial charge is 0.0468 e. The molecule has 0 saturated heterocycles. The van der Waals surface area contributed by atoms with E-state index >= 15 is 0 Å². The minimum absolute atomic E-state index is 0.563. The highest BCUT2D eigenvalue weighted by molar-refractivity contribution is 6.30. The van der Waals surface area contributed by atoms with Crippen molar-refractivity contribution in [3.8, 4) is 0 Å². The van der Waals surface area contributed by atoms with Crippen molar-refractivity contribution < 1.29 is 0 Å². The fraction of sp³-hybridized carbons (Fsp3) is 0.333. The molecule has 0 aromatic heterocycles. The van der Waals surface area contributed by atoms with Crippen LogP contribution in [0.5, 0.6) is 0 Å². The first-order valence-corrected chi connectivity index (χ1v) is 7.41. The number of hydrogen-bond acceptors (Lipinski definition) is 1. The Hall–Kier alpha value is -1.47. The van der Waals surface area contributed by atoms with Crippen molar-refractivity contribution in [2.24, 2.45) is 5.73 Å². The Morgan fingerprint density at radius 2 is 2.00 bits per heavy atom. The molecule has 0 aromatic carbocycles. The van der Waals surface area contributed by atoms with Crippen molar-refractivity contribution in [3.63, 3.8) is 0 Å². The average Bonchev–Trinajstić information content (AvgIpc) is 2.92. The van der Waals surface area contributed by atoms with Gasteiger partial charge in [-0.25, -0.2) is 0 Å². The van der Waals surface area contributed by atoms with Gasteiger partial charge in [0.25, 0.3) is 0 Å². The van der Waals surface area contributed by atoms with E-state index in [1.165, 1.54) is 5.57 Å². The molecule has 0 bridgehead atoms. The summed E-state index contributed by atoms with van der Waals surface area (Å²) in [5, 5.41) is 0.563. The first-order valence-electron chi connectivity index (χ1n) is 7.03. The molecule has 0 amide bonds. The molecule has 0 aliphatic heterocycles. The molecule has 1 aliphatic carbocycles. The Bertz CT molecular complexity index is 516. The van der Waals surface area contributed by atoms with Crippen LogP contribution in [0.2, 0.25) is 0 Å². The van der Waals surface area contributed by atoms with Crippen molar-refractivity contribution in [2.75, 3.05) is 0 Å². The summed E-state index contributed by atoms with van der Waals surface area (Å²) in [6, 6.07) is 0. The quantitative estimate of drug-likeness (QED) is 0.584. The summed E-state index contributed by atoms with van der Waals surface area (Å²) >= 11 is 5.73. The average molecular weight is 290 g/mol. The Morgan fingerprint density at radius 3 is 2.50 bits per heavy atom. The fourth-order valence-corrected chi connectivity index (χ4v) is 2.22. The van der Waals surface area contributed by atoms with Crippen LogP contribution in [0.4, 0.5) is 0 Å². The maximum Gasteiger partial charge on any atom is 0.0468 e. The Morgan fingerprint density at radius 1 is 1.35 bits per heavy atom. The number of halogens is 1. The molecule has 108 valence electrons. The molecule has 0 unspecified atom stereocenters. The molecule has 0 spiro atoms. The maximum atomic E-state index is 5.79. The van der Waals surface area contributed by atoms with Gasteiger partial charge in [-0.15, -0.1) is 0 Å². The molecule has 1 aliphatic rings. The lowest BCUT2D eigenvalue weighted by Gasteiger charge is -2.03. The van der Waals surface area contributed by atoms with E-state index in [1.807, 2.05) is 13.0 Å². The van der Waals surface area contributed by atoms with Gasteiger partial charge in [-0.2, -0.15) is 0 Å². The molecule has 1 rings (SSSR count). The molecular formula is C18H24ClN. The molecule has 0 saturated carbocycles. The van der Waals surface area contributed by atoms with Gasteiger partial charge in [0.1, 0.15) is 0 Å². The third kappa shape index (κ3) is 5.66. The molecule has 2 heteroatoms. The van der Waals surface area contributed by atoms with E-state index in [4.69, 9.17) is 17.3 Å². The standard InChI is InChI=1S/C18H24ClN/c1-5-8-16(12-17-15(4)18(17)20)10-7-6-9-13(2)11-14(3)19/h6,9,11-12H,3-5,7-8,10,20H2,1-2H3/b9-6-,13-11-,16-12+. The van der Waals surface area contributed by atoms with E-state index in [9.17, 15) is 0 Å². The minimum atomic E-state index is 0.563. The summed E-state index contributed by atoms with van der Waals surface area (Å²) in [6.45, 7) is 11.8. The Kier molecular flexibility index (Phi) is 6.60. The lowest BCUT2D eigenvalue weighted by atomic mass is 10.0. The normalized spacial score (nSPS) is 16.2. The molecule has 0 atom stereocenters. The number of allylic oxidation sites excluding steroid dienone is 9. The summed E-state index contributed by atoms with van der Waals surface area (Å²) in [6.07, 6.45) is 12.7. The van der Waals surface area contributed by atoms with Crippen LogP contribution in [0.3, 0.4) is 0 Å². The highest BCUT2D eigenvalue weighted by atomic mass is 35.5. The van der Waals surface area contributed by atoms with Gasteiger partial charge >= 0.3 is 0 Å². The zero-order chi connectivity index (χ0) is 15.1. The largest absolute Gasteiger partial charge is 0.398 e. The van der Waals surface area contributed by atoms with Crippen molar-refractivity contribution in [2.45, 2.75) is 39.5 Å². The van der Waals surface area contributed by atoms with Crippen molar-refractivity contribution in [1.29, 1.82) is 0 Å². The van der Waals surface area contributed by atoms with Crippen LogP contribution in [-0.2, 0) is 0 Å².